The van der Waals surface area contributed by atoms with Crippen LogP contribution in [0.15, 0.2) is 182 Å². The van der Waals surface area contributed by atoms with Gasteiger partial charge in [-0.15, -0.1) is 22.1 Å². The predicted molar refractivity (Wildman–Crippen MR) is 266 cm³/mol. The minimum Gasteiger partial charge on any atom is -0.657 e. The maximum atomic E-state index is 14.3. The molecule has 68 heavy (non-hydrogen) atoms. The van der Waals surface area contributed by atoms with Crippen LogP contribution in [0.4, 0.5) is 0 Å². The Balaban J connectivity index is 0.00000480. The smallest absolute Gasteiger partial charge is 0.657 e. The van der Waals surface area contributed by atoms with Gasteiger partial charge in [-0.1, -0.05) is 170 Å². The fourth-order valence-electron chi connectivity index (χ4n) is 9.73. The van der Waals surface area contributed by atoms with Crippen LogP contribution in [0.3, 0.4) is 0 Å². The molecule has 0 fully saturated rings. The van der Waals surface area contributed by atoms with Crippen LogP contribution in [0.1, 0.15) is 60.4 Å². The number of aromatic nitrogens is 6. The topological polar surface area (TPSA) is 117 Å². The maximum absolute atomic E-state index is 14.3. The standard InChI is InChI=1S/C59H36N6O2.Ni/c66-57-38-23-13-14-24-39(38)58(67)54-40(57)25-26-48-56(54)65-59(64-48)41-33-49-52(36-19-9-3-10-20-36)46-30-29-44(61-46)50(34-15-5-1-6-16-34)42-27-28-43(60-42)51(35-17-7-2-8-18-35)45-31-32-47(62-45)53(55(41)63-49)37-21-11-4-12-22-37;/h1-33H,(H3,60,61,62,63,64,65,66,67);/q;+2/p-2. The quantitative estimate of drug-likeness (QED) is 0.171. The molecule has 0 spiro atoms. The first-order valence-corrected chi connectivity index (χ1v) is 22.1. The Morgan fingerprint density at radius 3 is 1.34 bits per heavy atom. The van der Waals surface area contributed by atoms with E-state index in [-0.39, 0.29) is 28.1 Å². The largest absolute Gasteiger partial charge is 2.00 e. The number of imidazole rings is 1. The van der Waals surface area contributed by atoms with Crippen LogP contribution in [0.25, 0.3) is 101 Å². The summed E-state index contributed by atoms with van der Waals surface area (Å²) in [5.74, 6) is 0.0672. The molecule has 6 aromatic carbocycles. The van der Waals surface area contributed by atoms with Crippen molar-refractivity contribution in [1.29, 1.82) is 0 Å². The Bertz CT molecular complexity index is 3940. The summed E-state index contributed by atoms with van der Waals surface area (Å²) >= 11 is 0. The average molecular weight is 918 g/mol. The molecule has 2 aliphatic heterocycles. The minimum atomic E-state index is -0.226. The van der Waals surface area contributed by atoms with E-state index in [2.05, 4.69) is 89.9 Å². The molecule has 6 heterocycles. The Morgan fingerprint density at radius 2 is 0.824 bits per heavy atom. The SMILES string of the molecule is O=C1c2ccccc2C(=O)c2c1ccc1nc(C3=Cc4nc3c(-c3ccccc3)c3ccc([n-]3)c(-c3ccccc3)c3nc(c(-c5ccccc5)c5ccc([n-]5)c4-c4ccccc4)C=C3)[nH]c21.[Ni+2]. The molecular weight excluding hydrogens is 883 g/mol. The number of nitrogens with zero attached hydrogens (tertiary/aromatic N) is 5. The fraction of sp³-hybridized carbons (Fsp3) is 0. The van der Waals surface area contributed by atoms with Gasteiger partial charge in [-0.05, 0) is 74.9 Å². The van der Waals surface area contributed by atoms with Gasteiger partial charge in [0.1, 0.15) is 5.82 Å². The van der Waals surface area contributed by atoms with Crippen molar-refractivity contribution in [3.8, 4) is 44.5 Å². The van der Waals surface area contributed by atoms with Crippen LogP contribution in [-0.2, 0) is 16.5 Å². The predicted octanol–water partition coefficient (Wildman–Crippen LogP) is 12.6. The Morgan fingerprint density at radius 1 is 0.382 bits per heavy atom. The third-order valence-corrected chi connectivity index (χ3v) is 12.8. The molecule has 0 unspecified atom stereocenters. The minimum absolute atomic E-state index is 0. The summed E-state index contributed by atoms with van der Waals surface area (Å²) in [6.07, 6.45) is 6.20. The number of carbonyl (C=O) groups is 2. The van der Waals surface area contributed by atoms with E-state index in [1.807, 2.05) is 78.9 Å². The molecule has 322 valence electrons. The number of carbonyl (C=O) groups excluding carboxylic acids is 2. The van der Waals surface area contributed by atoms with Crippen LogP contribution >= 0.6 is 0 Å². The molecule has 0 saturated carbocycles. The molecular formula is C59H34N6NiO2. The summed E-state index contributed by atoms with van der Waals surface area (Å²) in [7, 11) is 0. The number of hydrogen-bond acceptors (Lipinski definition) is 5. The normalized spacial score (nSPS) is 12.7. The van der Waals surface area contributed by atoms with Crippen molar-refractivity contribution in [2.24, 2.45) is 0 Å². The number of nitrogens with one attached hydrogen (secondary N) is 1. The molecule has 1 aliphatic carbocycles. The molecule has 3 aliphatic rings. The Labute approximate surface area is 399 Å². The first-order chi connectivity index (χ1) is 33.1. The van der Waals surface area contributed by atoms with E-state index in [1.54, 1.807) is 36.4 Å². The zero-order chi connectivity index (χ0) is 44.6. The molecule has 0 atom stereocenters. The molecule has 13 rings (SSSR count). The number of H-pyrrole nitrogens is 1. The summed E-state index contributed by atoms with van der Waals surface area (Å²) in [6, 6.07) is 59.6. The summed E-state index contributed by atoms with van der Waals surface area (Å²) < 4.78 is 0. The van der Waals surface area contributed by atoms with Gasteiger partial charge in [0.25, 0.3) is 0 Å². The van der Waals surface area contributed by atoms with Gasteiger partial charge in [0, 0.05) is 22.3 Å². The summed E-state index contributed by atoms with van der Waals surface area (Å²) in [5, 5.41) is 0. The number of fused-ring (bicyclic) bond motifs is 12. The van der Waals surface area contributed by atoms with Crippen molar-refractivity contribution in [1.82, 2.24) is 29.9 Å². The summed E-state index contributed by atoms with van der Waals surface area (Å²) in [4.78, 5) is 58.8. The fourth-order valence-corrected chi connectivity index (χ4v) is 9.73. The molecule has 0 radical (unpaired) electrons. The van der Waals surface area contributed by atoms with Gasteiger partial charge < -0.3 is 15.0 Å². The van der Waals surface area contributed by atoms with Crippen molar-refractivity contribution < 1.29 is 26.1 Å². The van der Waals surface area contributed by atoms with Gasteiger partial charge in [-0.25, -0.2) is 15.0 Å². The average Bonchev–Trinajstić information content (AvgIpc) is 4.25. The molecule has 0 saturated heterocycles. The van der Waals surface area contributed by atoms with Gasteiger partial charge in [-0.2, -0.15) is 0 Å². The van der Waals surface area contributed by atoms with Gasteiger partial charge in [0.05, 0.1) is 39.4 Å². The van der Waals surface area contributed by atoms with Gasteiger partial charge >= 0.3 is 16.5 Å². The second-order valence-electron chi connectivity index (χ2n) is 16.7. The molecule has 4 aromatic heterocycles. The van der Waals surface area contributed by atoms with E-state index in [0.717, 1.165) is 72.4 Å². The molecule has 1 N–H and O–H groups in total. The zero-order valence-electron chi connectivity index (χ0n) is 35.9. The van der Waals surface area contributed by atoms with Crippen LogP contribution < -0.4 is 9.97 Å². The van der Waals surface area contributed by atoms with E-state index in [9.17, 15) is 9.59 Å². The van der Waals surface area contributed by atoms with Crippen molar-refractivity contribution >= 4 is 68.5 Å². The monoisotopic (exact) mass is 916 g/mol. The van der Waals surface area contributed by atoms with Gasteiger partial charge in [0.15, 0.2) is 11.6 Å². The second-order valence-corrected chi connectivity index (χ2v) is 16.7. The van der Waals surface area contributed by atoms with Crippen LogP contribution in [0.2, 0.25) is 0 Å². The molecule has 10 aromatic rings. The second kappa shape index (κ2) is 16.3. The van der Waals surface area contributed by atoms with E-state index in [1.165, 1.54) is 0 Å². The number of benzene rings is 6. The number of aromatic amines is 1. The van der Waals surface area contributed by atoms with Crippen molar-refractivity contribution in [2.45, 2.75) is 0 Å². The maximum Gasteiger partial charge on any atom is 2.00 e. The van der Waals surface area contributed by atoms with Crippen molar-refractivity contribution in [2.75, 3.05) is 0 Å². The molecule has 8 nitrogen and oxygen atoms in total. The zero-order valence-corrected chi connectivity index (χ0v) is 36.9. The van der Waals surface area contributed by atoms with Gasteiger partial charge in [-0.3, -0.25) is 9.59 Å². The van der Waals surface area contributed by atoms with E-state index < -0.39 is 0 Å². The number of rotatable bonds is 5. The number of hydrogen-bond donors (Lipinski definition) is 1. The van der Waals surface area contributed by atoms with Gasteiger partial charge in [0.2, 0.25) is 0 Å². The summed E-state index contributed by atoms with van der Waals surface area (Å²) in [5.41, 5.74) is 16.2. The molecule has 9 heteroatoms. The first kappa shape index (κ1) is 40.7. The van der Waals surface area contributed by atoms with Crippen LogP contribution in [-0.4, -0.2) is 31.5 Å². The Kier molecular flexibility index (Phi) is 9.75. The van der Waals surface area contributed by atoms with Crippen LogP contribution in [0, 0.1) is 0 Å². The van der Waals surface area contributed by atoms with Crippen molar-refractivity contribution in [3.05, 3.63) is 233 Å². The third kappa shape index (κ3) is 6.55. The van der Waals surface area contributed by atoms with E-state index in [4.69, 9.17) is 24.9 Å². The summed E-state index contributed by atoms with van der Waals surface area (Å²) in [6.45, 7) is 0. The first-order valence-electron chi connectivity index (χ1n) is 22.1. The van der Waals surface area contributed by atoms with Crippen LogP contribution in [0.5, 0.6) is 0 Å². The number of ketones is 2. The van der Waals surface area contributed by atoms with E-state index in [0.29, 0.717) is 61.6 Å². The molecule has 0 amide bonds. The van der Waals surface area contributed by atoms with E-state index >= 15 is 0 Å². The third-order valence-electron chi connectivity index (χ3n) is 12.8. The van der Waals surface area contributed by atoms with Crippen molar-refractivity contribution in [3.63, 3.8) is 0 Å². The Hall–Kier alpha value is -8.78. The molecule has 8 bridgehead atoms.